The van der Waals surface area contributed by atoms with Crippen molar-refractivity contribution in [1.82, 2.24) is 15.3 Å². The molecule has 0 radical (unpaired) electrons. The highest BCUT2D eigenvalue weighted by atomic mass is 15.3. The van der Waals surface area contributed by atoms with Crippen LogP contribution in [0.5, 0.6) is 0 Å². The molecule has 1 fully saturated rings. The fourth-order valence-corrected chi connectivity index (χ4v) is 2.38. The van der Waals surface area contributed by atoms with Crippen molar-refractivity contribution < 1.29 is 0 Å². The van der Waals surface area contributed by atoms with Gasteiger partial charge in [0, 0.05) is 37.6 Å². The van der Waals surface area contributed by atoms with Crippen molar-refractivity contribution in [3.05, 3.63) is 18.0 Å². The molecule has 1 atom stereocenters. The third-order valence-electron chi connectivity index (χ3n) is 3.72. The zero-order chi connectivity index (χ0) is 13.0. The summed E-state index contributed by atoms with van der Waals surface area (Å²) < 4.78 is 0. The molecule has 0 amide bonds. The van der Waals surface area contributed by atoms with E-state index >= 15 is 0 Å². The number of rotatable bonds is 5. The minimum Gasteiger partial charge on any atom is -0.341 e. The third kappa shape index (κ3) is 3.19. The SMILES string of the molecule is CCNCc1cnc(N2CCC(C(C)C)C2)nc1. The van der Waals surface area contributed by atoms with Crippen LogP contribution in [0.25, 0.3) is 0 Å². The molecule has 0 spiro atoms. The highest BCUT2D eigenvalue weighted by molar-refractivity contribution is 5.31. The molecular weight excluding hydrogens is 224 g/mol. The smallest absolute Gasteiger partial charge is 0.225 e. The van der Waals surface area contributed by atoms with Crippen LogP contribution in [-0.4, -0.2) is 29.6 Å². The van der Waals surface area contributed by atoms with Crippen molar-refractivity contribution in [1.29, 1.82) is 0 Å². The lowest BCUT2D eigenvalue weighted by molar-refractivity contribution is 0.422. The number of hydrogen-bond donors (Lipinski definition) is 1. The maximum atomic E-state index is 4.48. The Bertz CT molecular complexity index is 361. The van der Waals surface area contributed by atoms with Crippen molar-refractivity contribution in [2.75, 3.05) is 24.5 Å². The molecule has 0 bridgehead atoms. The van der Waals surface area contributed by atoms with Gasteiger partial charge in [-0.3, -0.25) is 0 Å². The molecule has 4 heteroatoms. The zero-order valence-corrected chi connectivity index (χ0v) is 11.7. The number of anilines is 1. The van der Waals surface area contributed by atoms with Gasteiger partial charge in [-0.15, -0.1) is 0 Å². The lowest BCUT2D eigenvalue weighted by atomic mass is 9.95. The molecule has 2 rings (SSSR count). The first-order chi connectivity index (χ1) is 8.70. The van der Waals surface area contributed by atoms with Gasteiger partial charge in [0.1, 0.15) is 0 Å². The average Bonchev–Trinajstić information content (AvgIpc) is 2.87. The molecule has 0 aromatic carbocycles. The molecule has 0 aliphatic carbocycles. The van der Waals surface area contributed by atoms with E-state index in [0.717, 1.165) is 49.5 Å². The van der Waals surface area contributed by atoms with Gasteiger partial charge in [0.15, 0.2) is 0 Å². The van der Waals surface area contributed by atoms with Crippen molar-refractivity contribution >= 4 is 5.95 Å². The second-order valence-corrected chi connectivity index (χ2v) is 5.41. The number of nitrogens with zero attached hydrogens (tertiary/aromatic N) is 3. The molecule has 0 saturated carbocycles. The summed E-state index contributed by atoms with van der Waals surface area (Å²) in [6, 6.07) is 0. The summed E-state index contributed by atoms with van der Waals surface area (Å²) in [6.07, 6.45) is 5.14. The van der Waals surface area contributed by atoms with Crippen LogP contribution in [0.3, 0.4) is 0 Å². The number of nitrogens with one attached hydrogen (secondary N) is 1. The molecule has 1 unspecified atom stereocenters. The summed E-state index contributed by atoms with van der Waals surface area (Å²) in [5.74, 6) is 2.43. The lowest BCUT2D eigenvalue weighted by Gasteiger charge is -2.18. The second kappa shape index (κ2) is 6.14. The van der Waals surface area contributed by atoms with E-state index in [-0.39, 0.29) is 0 Å². The predicted octanol–water partition coefficient (Wildman–Crippen LogP) is 2.07. The molecule has 1 aromatic rings. The van der Waals surface area contributed by atoms with Gasteiger partial charge >= 0.3 is 0 Å². The molecular formula is C14H24N4. The summed E-state index contributed by atoms with van der Waals surface area (Å²) in [7, 11) is 0. The highest BCUT2D eigenvalue weighted by Crippen LogP contribution is 2.25. The average molecular weight is 248 g/mol. The van der Waals surface area contributed by atoms with E-state index in [1.165, 1.54) is 6.42 Å². The Kier molecular flexibility index (Phi) is 4.53. The van der Waals surface area contributed by atoms with E-state index in [4.69, 9.17) is 0 Å². The highest BCUT2D eigenvalue weighted by Gasteiger charge is 2.26. The predicted molar refractivity (Wildman–Crippen MR) is 74.6 cm³/mol. The van der Waals surface area contributed by atoms with E-state index in [9.17, 15) is 0 Å². The van der Waals surface area contributed by atoms with Crippen LogP contribution < -0.4 is 10.2 Å². The standard InChI is InChI=1S/C14H24N4/c1-4-15-7-12-8-16-14(17-9-12)18-6-5-13(10-18)11(2)3/h8-9,11,13,15H,4-7,10H2,1-3H3. The Balaban J connectivity index is 1.94. The number of aromatic nitrogens is 2. The van der Waals surface area contributed by atoms with Crippen LogP contribution >= 0.6 is 0 Å². The Hall–Kier alpha value is -1.16. The first-order valence-electron chi connectivity index (χ1n) is 6.97. The van der Waals surface area contributed by atoms with Gasteiger partial charge in [0.25, 0.3) is 0 Å². The van der Waals surface area contributed by atoms with Crippen molar-refractivity contribution in [3.63, 3.8) is 0 Å². The van der Waals surface area contributed by atoms with Crippen LogP contribution in [-0.2, 0) is 6.54 Å². The minimum atomic E-state index is 0.753. The van der Waals surface area contributed by atoms with E-state index in [2.05, 4.69) is 41.0 Å². The Morgan fingerprint density at radius 1 is 1.39 bits per heavy atom. The van der Waals surface area contributed by atoms with Crippen LogP contribution in [0.2, 0.25) is 0 Å². The van der Waals surface area contributed by atoms with E-state index in [1.807, 2.05) is 12.4 Å². The lowest BCUT2D eigenvalue weighted by Crippen LogP contribution is -2.23. The van der Waals surface area contributed by atoms with Crippen LogP contribution in [0.1, 0.15) is 32.8 Å². The quantitative estimate of drug-likeness (QED) is 0.866. The van der Waals surface area contributed by atoms with Gasteiger partial charge in [0.2, 0.25) is 5.95 Å². The van der Waals surface area contributed by atoms with E-state index < -0.39 is 0 Å². The van der Waals surface area contributed by atoms with Gasteiger partial charge in [-0.1, -0.05) is 20.8 Å². The van der Waals surface area contributed by atoms with Crippen molar-refractivity contribution in [2.45, 2.75) is 33.7 Å². The normalized spacial score (nSPS) is 19.8. The first kappa shape index (κ1) is 13.3. The molecule has 100 valence electrons. The molecule has 1 aromatic heterocycles. The topological polar surface area (TPSA) is 41.1 Å². The Morgan fingerprint density at radius 2 is 2.11 bits per heavy atom. The molecule has 2 heterocycles. The van der Waals surface area contributed by atoms with Gasteiger partial charge in [-0.25, -0.2) is 9.97 Å². The fourth-order valence-electron chi connectivity index (χ4n) is 2.38. The second-order valence-electron chi connectivity index (χ2n) is 5.41. The summed E-state index contributed by atoms with van der Waals surface area (Å²) in [5.41, 5.74) is 1.15. The van der Waals surface area contributed by atoms with Gasteiger partial charge in [0.05, 0.1) is 0 Å². The molecule has 4 nitrogen and oxygen atoms in total. The van der Waals surface area contributed by atoms with E-state index in [1.54, 1.807) is 0 Å². The molecule has 1 aliphatic rings. The fraction of sp³-hybridized carbons (Fsp3) is 0.714. The number of hydrogen-bond acceptors (Lipinski definition) is 4. The van der Waals surface area contributed by atoms with Gasteiger partial charge in [-0.05, 0) is 24.8 Å². The first-order valence-corrected chi connectivity index (χ1v) is 6.97. The largest absolute Gasteiger partial charge is 0.341 e. The summed E-state index contributed by atoms with van der Waals surface area (Å²) in [5, 5.41) is 3.28. The summed E-state index contributed by atoms with van der Waals surface area (Å²) >= 11 is 0. The van der Waals surface area contributed by atoms with Gasteiger partial charge < -0.3 is 10.2 Å². The molecule has 1 saturated heterocycles. The third-order valence-corrected chi connectivity index (χ3v) is 3.72. The zero-order valence-electron chi connectivity index (χ0n) is 11.7. The van der Waals surface area contributed by atoms with Crippen LogP contribution in [0, 0.1) is 11.8 Å². The minimum absolute atomic E-state index is 0.753. The van der Waals surface area contributed by atoms with Crippen LogP contribution in [0.4, 0.5) is 5.95 Å². The molecule has 1 N–H and O–H groups in total. The Morgan fingerprint density at radius 3 is 2.67 bits per heavy atom. The van der Waals surface area contributed by atoms with Gasteiger partial charge in [-0.2, -0.15) is 0 Å². The Labute approximate surface area is 110 Å². The molecule has 18 heavy (non-hydrogen) atoms. The molecule has 1 aliphatic heterocycles. The van der Waals surface area contributed by atoms with Crippen molar-refractivity contribution in [2.24, 2.45) is 11.8 Å². The van der Waals surface area contributed by atoms with E-state index in [0.29, 0.717) is 0 Å². The van der Waals surface area contributed by atoms with Crippen LogP contribution in [0.15, 0.2) is 12.4 Å². The summed E-state index contributed by atoms with van der Waals surface area (Å²) in [6.45, 7) is 10.7. The maximum Gasteiger partial charge on any atom is 0.225 e. The van der Waals surface area contributed by atoms with Crippen molar-refractivity contribution in [3.8, 4) is 0 Å². The summed E-state index contributed by atoms with van der Waals surface area (Å²) in [4.78, 5) is 11.3. The maximum absolute atomic E-state index is 4.48. The monoisotopic (exact) mass is 248 g/mol.